The molecular formula is C23H26CrN2O7. The van der Waals surface area contributed by atoms with Crippen LogP contribution in [0.1, 0.15) is 32.4 Å². The molecule has 1 aromatic carbocycles. The van der Waals surface area contributed by atoms with Gasteiger partial charge in [-0.1, -0.05) is 0 Å². The number of nitrogens with zero attached hydrogens (tertiary/aromatic N) is 2. The molecule has 1 heterocycles. The second-order valence-electron chi connectivity index (χ2n) is 7.01. The van der Waals surface area contributed by atoms with E-state index in [-0.39, 0.29) is 11.5 Å². The van der Waals surface area contributed by atoms with Crippen LogP contribution in [0, 0.1) is 38.7 Å². The van der Waals surface area contributed by atoms with Gasteiger partial charge >= 0.3 is 204 Å². The van der Waals surface area contributed by atoms with Gasteiger partial charge in [-0.05, 0) is 0 Å². The zero-order chi connectivity index (χ0) is 27.4. The Labute approximate surface area is 203 Å². The van der Waals surface area contributed by atoms with Crippen LogP contribution in [-0.4, -0.2) is 37.9 Å². The van der Waals surface area contributed by atoms with Gasteiger partial charge in [0.25, 0.3) is 0 Å². The standard InChI is InChI=1S/C18H26N2O2.5CO.Cr/c1-18(2,3)17-15(12-21-7)16(20(6)22-17)13-8-10-14(11-9-13)19(4)5;5*1-2;/h8-11,16H,1-7H3;;;;;;. The molecule has 0 radical (unpaired) electrons. The summed E-state index contributed by atoms with van der Waals surface area (Å²) in [4.78, 5) is 8.18. The first kappa shape index (κ1) is 37.9. The Hall–Kier alpha value is -2.42. The molecule has 10 heteroatoms. The Balaban J connectivity index is -0.000000371. The van der Waals surface area contributed by atoms with Crippen molar-refractivity contribution < 1.29 is 48.7 Å². The number of allylic oxidation sites excluding steroid dienone is 1. The van der Waals surface area contributed by atoms with Crippen LogP contribution in [0.3, 0.4) is 0 Å². The van der Waals surface area contributed by atoms with Crippen LogP contribution in [0.2, 0.25) is 0 Å². The molecule has 9 nitrogen and oxygen atoms in total. The quantitative estimate of drug-likeness (QED) is 0.471. The summed E-state index contributed by atoms with van der Waals surface area (Å²) in [5.41, 5.74) is 3.32. The van der Waals surface area contributed by atoms with Crippen LogP contribution in [0.15, 0.2) is 35.6 Å². The molecule has 0 bridgehead atoms. The Morgan fingerprint density at radius 2 is 1.33 bits per heavy atom. The fourth-order valence-corrected chi connectivity index (χ4v) is 3.06. The molecule has 1 aromatic rings. The van der Waals surface area contributed by atoms with Gasteiger partial charge in [0.1, 0.15) is 0 Å². The molecule has 1 aliphatic rings. The Kier molecular flexibility index (Phi) is 24.6. The molecule has 0 aliphatic carbocycles. The molecule has 176 valence electrons. The van der Waals surface area contributed by atoms with Gasteiger partial charge in [0, 0.05) is 0 Å². The van der Waals surface area contributed by atoms with Gasteiger partial charge in [0.15, 0.2) is 0 Å². The third kappa shape index (κ3) is 11.8. The number of hydroxylamine groups is 2. The van der Waals surface area contributed by atoms with Gasteiger partial charge < -0.3 is 0 Å². The second kappa shape index (κ2) is 21.4. The summed E-state index contributed by atoms with van der Waals surface area (Å²) in [6, 6.07) is 8.56. The van der Waals surface area contributed by atoms with E-state index in [2.05, 4.69) is 99.0 Å². The van der Waals surface area contributed by atoms with Crippen LogP contribution in [0.4, 0.5) is 5.69 Å². The van der Waals surface area contributed by atoms with Crippen molar-refractivity contribution >= 4 is 10.3 Å². The molecular weight excluding hydrogens is 468 g/mol. The maximum absolute atomic E-state index is 7.50. The molecule has 1 unspecified atom stereocenters. The number of rotatable bonds is 4. The summed E-state index contributed by atoms with van der Waals surface area (Å²) < 4.78 is 43.8. The van der Waals surface area contributed by atoms with E-state index in [1.807, 2.05) is 26.2 Å². The molecule has 0 saturated carbocycles. The molecule has 0 saturated heterocycles. The van der Waals surface area contributed by atoms with E-state index in [0.29, 0.717) is 0 Å². The summed E-state index contributed by atoms with van der Waals surface area (Å²) in [6.07, 6.45) is 0. The average molecular weight is 494 g/mol. The first-order valence-electron chi connectivity index (χ1n) is 8.70. The van der Waals surface area contributed by atoms with Crippen molar-refractivity contribution in [1.82, 2.24) is 5.06 Å². The van der Waals surface area contributed by atoms with Crippen molar-refractivity contribution in [1.29, 1.82) is 0 Å². The zero-order valence-electron chi connectivity index (χ0n) is 19.5. The van der Waals surface area contributed by atoms with E-state index in [1.165, 1.54) is 11.3 Å². The monoisotopic (exact) mass is 494 g/mol. The van der Waals surface area contributed by atoms with E-state index >= 15 is 0 Å². The Morgan fingerprint density at radius 3 is 1.64 bits per heavy atom. The van der Waals surface area contributed by atoms with Gasteiger partial charge in [0.2, 0.25) is 0 Å². The number of ether oxygens (including phenoxy) is 1. The summed E-state index contributed by atoms with van der Waals surface area (Å²) in [5.74, 6) is 0.942. The van der Waals surface area contributed by atoms with Gasteiger partial charge in [-0.15, -0.1) is 0 Å². The van der Waals surface area contributed by atoms with E-state index in [9.17, 15) is 0 Å². The number of methoxy groups -OCH3 is 1. The number of hydrogen-bond donors (Lipinski definition) is 0. The summed E-state index contributed by atoms with van der Waals surface area (Å²) in [6.45, 7) is 28.9. The van der Waals surface area contributed by atoms with Crippen molar-refractivity contribution in [3.8, 4) is 0 Å². The molecule has 0 aromatic heterocycles. The van der Waals surface area contributed by atoms with Gasteiger partial charge in [0.05, 0.1) is 0 Å². The minimum atomic E-state index is -0.102. The Bertz CT molecular complexity index is 795. The number of anilines is 1. The third-order valence-electron chi connectivity index (χ3n) is 3.93. The molecule has 0 amide bonds. The number of hydrogen-bond acceptors (Lipinski definition) is 4. The predicted octanol–water partition coefficient (Wildman–Crippen LogP) is 3.11. The summed E-state index contributed by atoms with van der Waals surface area (Å²) in [7, 11) is 7.73. The SMILES string of the molecule is CO[C](=[Cr])C1=C(C(C)(C)C)ON(C)C1c1ccc(N(C)C)cc1.[C-]#[O+].[C-]#[O+].[C-]#[O+].[C-]#[O+].[C-]#[O+]. The first-order valence-corrected chi connectivity index (χ1v) is 9.33. The summed E-state index contributed by atoms with van der Waals surface area (Å²) >= 11 is 3.04. The van der Waals surface area contributed by atoms with Crippen molar-refractivity contribution in [3.63, 3.8) is 0 Å². The first-order chi connectivity index (χ1) is 15.7. The minimum absolute atomic E-state index is 0.0108. The van der Waals surface area contributed by atoms with Crippen LogP contribution in [0.25, 0.3) is 0 Å². The van der Waals surface area contributed by atoms with Gasteiger partial charge in [-0.3, -0.25) is 0 Å². The van der Waals surface area contributed by atoms with Crippen LogP contribution in [-0.2, 0) is 48.7 Å². The Morgan fingerprint density at radius 1 is 0.939 bits per heavy atom. The molecule has 1 atom stereocenters. The van der Waals surface area contributed by atoms with Crippen molar-refractivity contribution in [2.45, 2.75) is 26.8 Å². The van der Waals surface area contributed by atoms with Crippen molar-refractivity contribution in [2.24, 2.45) is 5.41 Å². The fraction of sp³-hybridized carbons (Fsp3) is 0.391. The normalized spacial score (nSPS) is 13.5. The van der Waals surface area contributed by atoms with E-state index in [4.69, 9.17) is 32.8 Å². The molecule has 2 rings (SSSR count). The fourth-order valence-electron chi connectivity index (χ4n) is 2.74. The second-order valence-corrected chi connectivity index (χ2v) is 7.59. The molecule has 1 aliphatic heterocycles. The van der Waals surface area contributed by atoms with E-state index in [1.54, 1.807) is 7.11 Å². The van der Waals surface area contributed by atoms with Crippen molar-refractivity contribution in [3.05, 3.63) is 74.4 Å². The van der Waals surface area contributed by atoms with Crippen molar-refractivity contribution in [2.75, 3.05) is 33.2 Å². The average Bonchev–Trinajstić information content (AvgIpc) is 3.22. The molecule has 33 heavy (non-hydrogen) atoms. The van der Waals surface area contributed by atoms with Crippen LogP contribution >= 0.6 is 0 Å². The number of likely N-dealkylation sites (N-methyl/N-ethyl adjacent to an activating group) is 1. The van der Waals surface area contributed by atoms with Gasteiger partial charge in [-0.2, -0.15) is 0 Å². The zero-order valence-corrected chi connectivity index (χ0v) is 20.8. The van der Waals surface area contributed by atoms with E-state index in [0.717, 1.165) is 15.9 Å². The number of benzene rings is 1. The van der Waals surface area contributed by atoms with Gasteiger partial charge in [-0.25, -0.2) is 0 Å². The maximum atomic E-state index is 7.50. The molecule has 0 N–H and O–H groups in total. The molecule has 0 fully saturated rings. The summed E-state index contributed by atoms with van der Waals surface area (Å²) in [5, 5.41) is 1.90. The topological polar surface area (TPSA) is 124 Å². The third-order valence-corrected chi connectivity index (χ3v) is 4.53. The predicted molar refractivity (Wildman–Crippen MR) is 111 cm³/mol. The van der Waals surface area contributed by atoms with E-state index < -0.39 is 0 Å². The molecule has 0 spiro atoms. The van der Waals surface area contributed by atoms with Crippen LogP contribution in [0.5, 0.6) is 0 Å². The van der Waals surface area contributed by atoms with Crippen LogP contribution < -0.4 is 4.90 Å².